The van der Waals surface area contributed by atoms with E-state index in [0.29, 0.717) is 30.2 Å². The Morgan fingerprint density at radius 2 is 1.82 bits per heavy atom. The number of likely N-dealkylation sites (N-methyl/N-ethyl adjacent to an activating group) is 1. The molecule has 2 aromatic rings. The molecule has 0 N–H and O–H groups in total. The normalized spacial score (nSPS) is 14.4. The van der Waals surface area contributed by atoms with Gasteiger partial charge < -0.3 is 9.80 Å². The molecule has 0 radical (unpaired) electrons. The molecule has 0 saturated carbocycles. The van der Waals surface area contributed by atoms with Gasteiger partial charge in [0.1, 0.15) is 0 Å². The summed E-state index contributed by atoms with van der Waals surface area (Å²) >= 11 is 6.15. The minimum absolute atomic E-state index is 0.00356. The number of nitro benzene ring substituents is 1. The lowest BCUT2D eigenvalue weighted by molar-refractivity contribution is -0.384. The molecule has 0 aliphatic carbocycles. The maximum Gasteiger partial charge on any atom is 0.269 e. The van der Waals surface area contributed by atoms with Crippen LogP contribution in [0.15, 0.2) is 48.5 Å². The molecule has 1 heterocycles. The number of carbonyl (C=O) groups is 1. The molecule has 148 valence electrons. The maximum absolute atomic E-state index is 12.6. The number of nitrogens with zero attached hydrogens (tertiary/aromatic N) is 4. The second kappa shape index (κ2) is 9.03. The molecular formula is C20H23ClN4O3. The third kappa shape index (κ3) is 4.99. The average molecular weight is 403 g/mol. The predicted octanol–water partition coefficient (Wildman–Crippen LogP) is 3.03. The van der Waals surface area contributed by atoms with Gasteiger partial charge in [-0.1, -0.05) is 29.8 Å². The summed E-state index contributed by atoms with van der Waals surface area (Å²) in [6, 6.07) is 14.5. The zero-order valence-electron chi connectivity index (χ0n) is 15.8. The van der Waals surface area contributed by atoms with Crippen LogP contribution < -0.4 is 4.90 Å². The Morgan fingerprint density at radius 1 is 1.14 bits per heavy atom. The SMILES string of the molecule is CN(CC(=O)N1CCN(c2ccccc2)CC1)Cc1cc([N+](=O)[O-])ccc1Cl. The van der Waals surface area contributed by atoms with Gasteiger partial charge in [0, 0.05) is 55.6 Å². The number of piperazine rings is 1. The second-order valence-electron chi connectivity index (χ2n) is 6.91. The molecular weight excluding hydrogens is 380 g/mol. The van der Waals surface area contributed by atoms with Crippen LogP contribution in [-0.2, 0) is 11.3 Å². The van der Waals surface area contributed by atoms with Crippen LogP contribution >= 0.6 is 11.6 Å². The molecule has 28 heavy (non-hydrogen) atoms. The number of rotatable bonds is 6. The summed E-state index contributed by atoms with van der Waals surface area (Å²) < 4.78 is 0. The molecule has 0 bridgehead atoms. The number of nitro groups is 1. The topological polar surface area (TPSA) is 69.9 Å². The van der Waals surface area contributed by atoms with Crippen LogP contribution in [0, 0.1) is 10.1 Å². The molecule has 0 atom stereocenters. The Morgan fingerprint density at radius 3 is 2.46 bits per heavy atom. The lowest BCUT2D eigenvalue weighted by atomic mass is 10.2. The van der Waals surface area contributed by atoms with Crippen molar-refractivity contribution in [1.82, 2.24) is 9.80 Å². The number of hydrogen-bond donors (Lipinski definition) is 0. The lowest BCUT2D eigenvalue weighted by Gasteiger charge is -2.36. The number of amides is 1. The van der Waals surface area contributed by atoms with Gasteiger partial charge >= 0.3 is 0 Å². The minimum atomic E-state index is -0.447. The Kier molecular flexibility index (Phi) is 6.49. The molecule has 0 spiro atoms. The van der Waals surface area contributed by atoms with Crippen LogP contribution in [0.2, 0.25) is 5.02 Å². The second-order valence-corrected chi connectivity index (χ2v) is 7.32. The highest BCUT2D eigenvalue weighted by Gasteiger charge is 2.22. The van der Waals surface area contributed by atoms with Crippen LogP contribution in [0.3, 0.4) is 0 Å². The summed E-state index contributed by atoms with van der Waals surface area (Å²) in [4.78, 5) is 29.1. The zero-order chi connectivity index (χ0) is 20.1. The van der Waals surface area contributed by atoms with Gasteiger partial charge in [0.15, 0.2) is 0 Å². The van der Waals surface area contributed by atoms with Crippen LogP contribution in [0.4, 0.5) is 11.4 Å². The molecule has 0 aromatic heterocycles. The third-order valence-corrected chi connectivity index (χ3v) is 5.21. The first-order valence-electron chi connectivity index (χ1n) is 9.13. The molecule has 1 aliphatic rings. The standard InChI is InChI=1S/C20H23ClN4O3/c1-22(14-16-13-18(25(27)28)7-8-19(16)21)15-20(26)24-11-9-23(10-12-24)17-5-3-2-4-6-17/h2-8,13H,9-12,14-15H2,1H3. The largest absolute Gasteiger partial charge is 0.368 e. The average Bonchev–Trinajstić information content (AvgIpc) is 2.70. The van der Waals surface area contributed by atoms with Gasteiger partial charge in [-0.15, -0.1) is 0 Å². The van der Waals surface area contributed by atoms with E-state index in [0.717, 1.165) is 13.1 Å². The van der Waals surface area contributed by atoms with Crippen LogP contribution in [-0.4, -0.2) is 60.4 Å². The van der Waals surface area contributed by atoms with Crippen molar-refractivity contribution in [3.05, 3.63) is 69.2 Å². The first-order valence-corrected chi connectivity index (χ1v) is 9.51. The third-order valence-electron chi connectivity index (χ3n) is 4.84. The minimum Gasteiger partial charge on any atom is -0.368 e. The highest BCUT2D eigenvalue weighted by atomic mass is 35.5. The Labute approximate surface area is 169 Å². The summed E-state index contributed by atoms with van der Waals surface area (Å²) in [5.74, 6) is 0.0526. The van der Waals surface area contributed by atoms with E-state index in [9.17, 15) is 14.9 Å². The predicted molar refractivity (Wildman–Crippen MR) is 110 cm³/mol. The number of para-hydroxylation sites is 1. The van der Waals surface area contributed by atoms with E-state index < -0.39 is 4.92 Å². The monoisotopic (exact) mass is 402 g/mol. The fraction of sp³-hybridized carbons (Fsp3) is 0.350. The van der Waals surface area contributed by atoms with Crippen molar-refractivity contribution >= 4 is 28.9 Å². The van der Waals surface area contributed by atoms with E-state index in [1.807, 2.05) is 35.0 Å². The zero-order valence-corrected chi connectivity index (χ0v) is 16.5. The number of anilines is 1. The van der Waals surface area contributed by atoms with E-state index in [2.05, 4.69) is 17.0 Å². The van der Waals surface area contributed by atoms with Gasteiger partial charge in [0.05, 0.1) is 11.5 Å². The summed E-state index contributed by atoms with van der Waals surface area (Å²) in [7, 11) is 1.81. The summed E-state index contributed by atoms with van der Waals surface area (Å²) in [5.41, 5.74) is 1.81. The van der Waals surface area contributed by atoms with Crippen molar-refractivity contribution in [3.63, 3.8) is 0 Å². The molecule has 1 aliphatic heterocycles. The number of benzene rings is 2. The van der Waals surface area contributed by atoms with Crippen molar-refractivity contribution in [3.8, 4) is 0 Å². The molecule has 0 unspecified atom stereocenters. The van der Waals surface area contributed by atoms with E-state index in [4.69, 9.17) is 11.6 Å². The van der Waals surface area contributed by atoms with Gasteiger partial charge in [-0.05, 0) is 30.8 Å². The molecule has 3 rings (SSSR count). The van der Waals surface area contributed by atoms with E-state index >= 15 is 0 Å². The fourth-order valence-corrected chi connectivity index (χ4v) is 3.50. The van der Waals surface area contributed by atoms with Gasteiger partial charge in [-0.2, -0.15) is 0 Å². The van der Waals surface area contributed by atoms with E-state index in [-0.39, 0.29) is 18.1 Å². The van der Waals surface area contributed by atoms with Crippen LogP contribution in [0.5, 0.6) is 0 Å². The molecule has 7 nitrogen and oxygen atoms in total. The molecule has 1 amide bonds. The number of non-ortho nitro benzene ring substituents is 1. The van der Waals surface area contributed by atoms with Gasteiger partial charge in [0.25, 0.3) is 5.69 Å². The van der Waals surface area contributed by atoms with Crippen molar-refractivity contribution in [1.29, 1.82) is 0 Å². The van der Waals surface area contributed by atoms with Gasteiger partial charge in [-0.3, -0.25) is 19.8 Å². The van der Waals surface area contributed by atoms with Crippen LogP contribution in [0.1, 0.15) is 5.56 Å². The highest BCUT2D eigenvalue weighted by molar-refractivity contribution is 6.31. The fourth-order valence-electron chi connectivity index (χ4n) is 3.33. The Bertz CT molecular complexity index is 839. The van der Waals surface area contributed by atoms with E-state index in [1.54, 1.807) is 0 Å². The smallest absolute Gasteiger partial charge is 0.269 e. The quantitative estimate of drug-likeness (QED) is 0.548. The summed E-state index contributed by atoms with van der Waals surface area (Å²) in [5, 5.41) is 11.4. The molecule has 8 heteroatoms. The summed E-state index contributed by atoms with van der Waals surface area (Å²) in [6.07, 6.45) is 0. The molecule has 1 fully saturated rings. The lowest BCUT2D eigenvalue weighted by Crippen LogP contribution is -2.51. The Hall–Kier alpha value is -2.64. The number of hydrogen-bond acceptors (Lipinski definition) is 5. The number of carbonyl (C=O) groups excluding carboxylic acids is 1. The first-order chi connectivity index (χ1) is 13.4. The first kappa shape index (κ1) is 20.1. The van der Waals surface area contributed by atoms with E-state index in [1.165, 1.54) is 23.9 Å². The van der Waals surface area contributed by atoms with Crippen molar-refractivity contribution < 1.29 is 9.72 Å². The highest BCUT2D eigenvalue weighted by Crippen LogP contribution is 2.23. The number of halogens is 1. The van der Waals surface area contributed by atoms with Gasteiger partial charge in [0.2, 0.25) is 5.91 Å². The van der Waals surface area contributed by atoms with Crippen molar-refractivity contribution in [2.24, 2.45) is 0 Å². The molecule has 2 aromatic carbocycles. The molecule has 1 saturated heterocycles. The summed E-state index contributed by atoms with van der Waals surface area (Å²) in [6.45, 7) is 3.57. The van der Waals surface area contributed by atoms with Crippen molar-refractivity contribution in [2.45, 2.75) is 6.54 Å². The van der Waals surface area contributed by atoms with Gasteiger partial charge in [-0.25, -0.2) is 0 Å². The van der Waals surface area contributed by atoms with Crippen molar-refractivity contribution in [2.75, 3.05) is 44.7 Å². The Balaban J connectivity index is 1.52. The maximum atomic E-state index is 12.6. The van der Waals surface area contributed by atoms with Crippen LogP contribution in [0.25, 0.3) is 0 Å².